The van der Waals surface area contributed by atoms with Crippen LogP contribution in [0.5, 0.6) is 0 Å². The van der Waals surface area contributed by atoms with Gasteiger partial charge in [0.05, 0.1) is 0 Å². The molecule has 3 nitrogen and oxygen atoms in total. The smallest absolute Gasteiger partial charge is 0.285 e. The first-order valence-electron chi connectivity index (χ1n) is 9.54. The van der Waals surface area contributed by atoms with E-state index in [9.17, 15) is 0 Å². The SMILES string of the molecule is CCCCCCCCC(C1CC2C=CC1C2)C(OC)(OC)OC. The van der Waals surface area contributed by atoms with Gasteiger partial charge in [-0.3, -0.25) is 0 Å². The molecule has 0 saturated heterocycles. The second-order valence-electron chi connectivity index (χ2n) is 7.32. The summed E-state index contributed by atoms with van der Waals surface area (Å²) in [6.07, 6.45) is 16.4. The molecular formula is C20H36O3. The van der Waals surface area contributed by atoms with E-state index < -0.39 is 5.97 Å². The molecule has 0 aromatic heterocycles. The molecule has 2 aliphatic carbocycles. The highest BCUT2D eigenvalue weighted by atomic mass is 16.9. The molecule has 1 fully saturated rings. The van der Waals surface area contributed by atoms with Gasteiger partial charge in [0.1, 0.15) is 0 Å². The first-order chi connectivity index (χ1) is 11.2. The Bertz CT molecular complexity index is 354. The summed E-state index contributed by atoms with van der Waals surface area (Å²) in [6, 6.07) is 0. The maximum absolute atomic E-state index is 5.75. The van der Waals surface area contributed by atoms with Crippen LogP contribution in [0.15, 0.2) is 12.2 Å². The summed E-state index contributed by atoms with van der Waals surface area (Å²) in [5.41, 5.74) is 0. The van der Waals surface area contributed by atoms with E-state index in [1.807, 2.05) is 0 Å². The number of hydrogen-bond acceptors (Lipinski definition) is 3. The molecule has 0 radical (unpaired) electrons. The average molecular weight is 325 g/mol. The van der Waals surface area contributed by atoms with Crippen molar-refractivity contribution in [3.8, 4) is 0 Å². The molecule has 2 rings (SSSR count). The molecule has 0 N–H and O–H groups in total. The lowest BCUT2D eigenvalue weighted by molar-refractivity contribution is -0.387. The molecule has 23 heavy (non-hydrogen) atoms. The number of hydrogen-bond donors (Lipinski definition) is 0. The summed E-state index contributed by atoms with van der Waals surface area (Å²) in [5.74, 6) is 1.51. The van der Waals surface area contributed by atoms with Gasteiger partial charge in [-0.1, -0.05) is 57.6 Å². The standard InChI is InChI=1S/C20H36O3/c1-5-6-7-8-9-10-11-19(20(21-2,22-3)23-4)18-15-16-12-13-17(18)14-16/h12-13,16-19H,5-11,14-15H2,1-4H3. The van der Waals surface area contributed by atoms with Crippen LogP contribution in [0.1, 0.15) is 64.7 Å². The zero-order chi connectivity index (χ0) is 16.7. The summed E-state index contributed by atoms with van der Waals surface area (Å²) in [5, 5.41) is 0. The van der Waals surface area contributed by atoms with Crippen molar-refractivity contribution in [3.63, 3.8) is 0 Å². The minimum absolute atomic E-state index is 0.314. The van der Waals surface area contributed by atoms with E-state index in [-0.39, 0.29) is 0 Å². The number of fused-ring (bicyclic) bond motifs is 2. The molecule has 0 spiro atoms. The maximum Gasteiger partial charge on any atom is 0.285 e. The van der Waals surface area contributed by atoms with Gasteiger partial charge in [0.25, 0.3) is 5.97 Å². The largest absolute Gasteiger partial charge is 0.331 e. The Morgan fingerprint density at radius 1 is 0.913 bits per heavy atom. The molecule has 3 heteroatoms. The number of rotatable bonds is 12. The lowest BCUT2D eigenvalue weighted by Crippen LogP contribution is -2.48. The first kappa shape index (κ1) is 19.0. The van der Waals surface area contributed by atoms with Crippen molar-refractivity contribution >= 4 is 0 Å². The number of unbranched alkanes of at least 4 members (excludes halogenated alkanes) is 5. The second-order valence-corrected chi connectivity index (χ2v) is 7.32. The van der Waals surface area contributed by atoms with Crippen LogP contribution >= 0.6 is 0 Å². The van der Waals surface area contributed by atoms with Crippen LogP contribution in [-0.4, -0.2) is 27.3 Å². The number of methoxy groups -OCH3 is 3. The van der Waals surface area contributed by atoms with E-state index >= 15 is 0 Å². The Kier molecular flexibility index (Phi) is 7.58. The predicted octanol–water partition coefficient (Wildman–Crippen LogP) is 5.16. The molecule has 134 valence electrons. The molecule has 4 atom stereocenters. The Labute approximate surface area is 142 Å². The highest BCUT2D eigenvalue weighted by Crippen LogP contribution is 2.51. The van der Waals surface area contributed by atoms with E-state index in [1.165, 1.54) is 51.4 Å². The average Bonchev–Trinajstić information content (AvgIpc) is 3.21. The zero-order valence-corrected chi connectivity index (χ0v) is 15.6. The van der Waals surface area contributed by atoms with Gasteiger partial charge in [-0.15, -0.1) is 0 Å². The molecule has 0 heterocycles. The van der Waals surface area contributed by atoms with E-state index in [0.717, 1.165) is 12.3 Å². The molecule has 0 amide bonds. The molecule has 1 saturated carbocycles. The minimum atomic E-state index is -0.883. The fourth-order valence-corrected chi connectivity index (χ4v) is 4.79. The monoisotopic (exact) mass is 324 g/mol. The number of allylic oxidation sites excluding steroid dienone is 2. The van der Waals surface area contributed by atoms with Crippen molar-refractivity contribution in [2.45, 2.75) is 70.7 Å². The Balaban J connectivity index is 1.96. The van der Waals surface area contributed by atoms with Gasteiger partial charge in [0.2, 0.25) is 0 Å². The summed E-state index contributed by atoms with van der Waals surface area (Å²) >= 11 is 0. The molecule has 0 aromatic carbocycles. The first-order valence-corrected chi connectivity index (χ1v) is 9.54. The Hall–Kier alpha value is -0.380. The van der Waals surface area contributed by atoms with Gasteiger partial charge in [0, 0.05) is 27.2 Å². The summed E-state index contributed by atoms with van der Waals surface area (Å²) in [7, 11) is 5.14. The van der Waals surface area contributed by atoms with Crippen LogP contribution in [0, 0.1) is 23.7 Å². The highest BCUT2D eigenvalue weighted by Gasteiger charge is 2.50. The molecular weight excluding hydrogens is 288 g/mol. The van der Waals surface area contributed by atoms with Crippen LogP contribution < -0.4 is 0 Å². The lowest BCUT2D eigenvalue weighted by atomic mass is 9.77. The molecule has 4 unspecified atom stereocenters. The molecule has 0 aromatic rings. The van der Waals surface area contributed by atoms with Gasteiger partial charge < -0.3 is 14.2 Å². The third-order valence-corrected chi connectivity index (χ3v) is 6.02. The van der Waals surface area contributed by atoms with Crippen molar-refractivity contribution in [3.05, 3.63) is 12.2 Å². The van der Waals surface area contributed by atoms with E-state index in [4.69, 9.17) is 14.2 Å². The van der Waals surface area contributed by atoms with Crippen molar-refractivity contribution in [1.29, 1.82) is 0 Å². The Morgan fingerprint density at radius 3 is 2.09 bits per heavy atom. The van der Waals surface area contributed by atoms with E-state index in [2.05, 4.69) is 19.1 Å². The number of ether oxygens (including phenoxy) is 3. The van der Waals surface area contributed by atoms with Crippen LogP contribution in [0.3, 0.4) is 0 Å². The topological polar surface area (TPSA) is 27.7 Å². The molecule has 0 aliphatic heterocycles. The lowest BCUT2D eigenvalue weighted by Gasteiger charge is -2.41. The third-order valence-electron chi connectivity index (χ3n) is 6.02. The summed E-state index contributed by atoms with van der Waals surface area (Å²) in [4.78, 5) is 0. The minimum Gasteiger partial charge on any atom is -0.331 e. The van der Waals surface area contributed by atoms with E-state index in [1.54, 1.807) is 21.3 Å². The highest BCUT2D eigenvalue weighted by molar-refractivity contribution is 5.11. The molecule has 2 aliphatic rings. The van der Waals surface area contributed by atoms with Crippen molar-refractivity contribution in [1.82, 2.24) is 0 Å². The van der Waals surface area contributed by atoms with Crippen molar-refractivity contribution < 1.29 is 14.2 Å². The van der Waals surface area contributed by atoms with Gasteiger partial charge in [-0.05, 0) is 37.0 Å². The van der Waals surface area contributed by atoms with Crippen LogP contribution in [0.25, 0.3) is 0 Å². The van der Waals surface area contributed by atoms with E-state index in [0.29, 0.717) is 17.8 Å². The van der Waals surface area contributed by atoms with Crippen LogP contribution in [0.2, 0.25) is 0 Å². The fraction of sp³-hybridized carbons (Fsp3) is 0.900. The molecule has 2 bridgehead atoms. The second kappa shape index (κ2) is 9.19. The zero-order valence-electron chi connectivity index (χ0n) is 15.6. The van der Waals surface area contributed by atoms with Gasteiger partial charge >= 0.3 is 0 Å². The fourth-order valence-electron chi connectivity index (χ4n) is 4.79. The normalized spacial score (nSPS) is 27.7. The van der Waals surface area contributed by atoms with Crippen LogP contribution in [-0.2, 0) is 14.2 Å². The van der Waals surface area contributed by atoms with Crippen molar-refractivity contribution in [2.75, 3.05) is 21.3 Å². The summed E-state index contributed by atoms with van der Waals surface area (Å²) in [6.45, 7) is 2.27. The third kappa shape index (κ3) is 4.37. The quantitative estimate of drug-likeness (QED) is 0.282. The van der Waals surface area contributed by atoms with Gasteiger partial charge in [0.15, 0.2) is 0 Å². The Morgan fingerprint density at radius 2 is 1.57 bits per heavy atom. The van der Waals surface area contributed by atoms with Crippen molar-refractivity contribution in [2.24, 2.45) is 23.7 Å². The summed E-state index contributed by atoms with van der Waals surface area (Å²) < 4.78 is 17.2. The maximum atomic E-state index is 5.75. The predicted molar refractivity (Wildman–Crippen MR) is 94.1 cm³/mol. The van der Waals surface area contributed by atoms with Gasteiger partial charge in [-0.25, -0.2) is 0 Å². The van der Waals surface area contributed by atoms with Crippen LogP contribution in [0.4, 0.5) is 0 Å². The van der Waals surface area contributed by atoms with Gasteiger partial charge in [-0.2, -0.15) is 0 Å².